The van der Waals surface area contributed by atoms with Crippen molar-refractivity contribution in [3.8, 4) is 0 Å². The second kappa shape index (κ2) is 4.66. The van der Waals surface area contributed by atoms with Gasteiger partial charge >= 0.3 is 0 Å². The monoisotopic (exact) mass is 155 g/mol. The molecule has 0 heterocycles. The van der Waals surface area contributed by atoms with Crippen LogP contribution in [0.3, 0.4) is 0 Å². The molecular formula is C8H13NO2. The number of allylic oxidation sites excluding steroid dienone is 1. The van der Waals surface area contributed by atoms with Crippen molar-refractivity contribution in [1.29, 1.82) is 0 Å². The van der Waals surface area contributed by atoms with E-state index in [1.54, 1.807) is 13.0 Å². The van der Waals surface area contributed by atoms with Gasteiger partial charge < -0.3 is 0 Å². The highest BCUT2D eigenvalue weighted by molar-refractivity contribution is 6.03. The Kier molecular flexibility index (Phi) is 4.18. The molecule has 11 heavy (non-hydrogen) atoms. The van der Waals surface area contributed by atoms with Gasteiger partial charge in [0.05, 0.1) is 0 Å². The second-order valence-corrected chi connectivity index (χ2v) is 2.31. The molecule has 0 aromatic rings. The van der Waals surface area contributed by atoms with Gasteiger partial charge in [-0.1, -0.05) is 13.0 Å². The smallest absolute Gasteiger partial charge is 0.253 e. The first-order valence-corrected chi connectivity index (χ1v) is 3.56. The number of imide groups is 1. The van der Waals surface area contributed by atoms with Gasteiger partial charge in [0.2, 0.25) is 5.91 Å². The van der Waals surface area contributed by atoms with Crippen LogP contribution in [0, 0.1) is 0 Å². The molecule has 0 unspecified atom stereocenters. The maximum Gasteiger partial charge on any atom is 0.253 e. The van der Waals surface area contributed by atoms with Gasteiger partial charge in [-0.3, -0.25) is 14.9 Å². The van der Waals surface area contributed by atoms with E-state index in [9.17, 15) is 9.59 Å². The van der Waals surface area contributed by atoms with E-state index >= 15 is 0 Å². The van der Waals surface area contributed by atoms with E-state index in [1.165, 1.54) is 6.92 Å². The van der Waals surface area contributed by atoms with Gasteiger partial charge in [-0.25, -0.2) is 0 Å². The molecule has 2 amide bonds. The Bertz CT molecular complexity index is 194. The Morgan fingerprint density at radius 1 is 1.36 bits per heavy atom. The molecule has 0 aliphatic carbocycles. The van der Waals surface area contributed by atoms with Gasteiger partial charge in [-0.05, 0) is 13.3 Å². The van der Waals surface area contributed by atoms with Crippen LogP contribution < -0.4 is 5.32 Å². The zero-order chi connectivity index (χ0) is 8.85. The first-order chi connectivity index (χ1) is 5.07. The zero-order valence-electron chi connectivity index (χ0n) is 7.10. The quantitative estimate of drug-likeness (QED) is 0.605. The Hall–Kier alpha value is -1.12. The first-order valence-electron chi connectivity index (χ1n) is 3.56. The largest absolute Gasteiger partial charge is 0.293 e. The molecule has 0 aliphatic heterocycles. The Morgan fingerprint density at radius 3 is 2.27 bits per heavy atom. The Labute approximate surface area is 66.5 Å². The van der Waals surface area contributed by atoms with Crippen LogP contribution in [-0.4, -0.2) is 11.8 Å². The molecule has 0 fully saturated rings. The van der Waals surface area contributed by atoms with Crippen LogP contribution in [0.25, 0.3) is 0 Å². The third kappa shape index (κ3) is 4.31. The molecule has 0 saturated carbocycles. The summed E-state index contributed by atoms with van der Waals surface area (Å²) in [5, 5.41) is 2.18. The fraction of sp³-hybridized carbons (Fsp3) is 0.500. The van der Waals surface area contributed by atoms with Crippen LogP contribution in [0.5, 0.6) is 0 Å². The highest BCUT2D eigenvalue weighted by Crippen LogP contribution is 1.93. The Balaban J connectivity index is 4.03. The lowest BCUT2D eigenvalue weighted by atomic mass is 10.2. The summed E-state index contributed by atoms with van der Waals surface area (Å²) in [4.78, 5) is 21.3. The fourth-order valence-corrected chi connectivity index (χ4v) is 0.657. The third-order valence-corrected chi connectivity index (χ3v) is 1.16. The predicted octanol–water partition coefficient (Wildman–Crippen LogP) is 1.01. The van der Waals surface area contributed by atoms with E-state index in [0.717, 1.165) is 6.42 Å². The van der Waals surface area contributed by atoms with E-state index in [2.05, 4.69) is 5.32 Å². The van der Waals surface area contributed by atoms with Crippen LogP contribution in [0.4, 0.5) is 0 Å². The van der Waals surface area contributed by atoms with E-state index in [4.69, 9.17) is 0 Å². The lowest BCUT2D eigenvalue weighted by Crippen LogP contribution is -2.28. The molecule has 0 radical (unpaired) electrons. The van der Waals surface area contributed by atoms with E-state index in [-0.39, 0.29) is 11.8 Å². The maximum absolute atomic E-state index is 10.9. The summed E-state index contributed by atoms with van der Waals surface area (Å²) in [6, 6.07) is 0. The zero-order valence-corrected chi connectivity index (χ0v) is 7.10. The van der Waals surface area contributed by atoms with Crippen molar-refractivity contribution in [2.24, 2.45) is 0 Å². The van der Waals surface area contributed by atoms with E-state index in [1.807, 2.05) is 6.92 Å². The molecule has 3 nitrogen and oxygen atoms in total. The number of nitrogens with one attached hydrogen (secondary N) is 1. The van der Waals surface area contributed by atoms with Crippen molar-refractivity contribution >= 4 is 11.8 Å². The van der Waals surface area contributed by atoms with Gasteiger partial charge in [0.1, 0.15) is 0 Å². The summed E-state index contributed by atoms with van der Waals surface area (Å²) >= 11 is 0. The van der Waals surface area contributed by atoms with Crippen LogP contribution in [-0.2, 0) is 9.59 Å². The van der Waals surface area contributed by atoms with Crippen molar-refractivity contribution in [1.82, 2.24) is 5.32 Å². The van der Waals surface area contributed by atoms with Crippen LogP contribution in [0.1, 0.15) is 27.2 Å². The topological polar surface area (TPSA) is 46.2 Å². The van der Waals surface area contributed by atoms with Crippen molar-refractivity contribution in [3.63, 3.8) is 0 Å². The highest BCUT2D eigenvalue weighted by Gasteiger charge is 2.03. The number of carbonyl (C=O) groups excluding carboxylic acids is 2. The summed E-state index contributed by atoms with van der Waals surface area (Å²) in [5.41, 5.74) is 0.586. The minimum atomic E-state index is -0.321. The SMILES string of the molecule is CC/C=C(\C)C(=O)NC(C)=O. The molecule has 0 rings (SSSR count). The van der Waals surface area contributed by atoms with Gasteiger partial charge in [0.15, 0.2) is 0 Å². The molecular weight excluding hydrogens is 142 g/mol. The first kappa shape index (κ1) is 9.88. The van der Waals surface area contributed by atoms with Gasteiger partial charge in [-0.15, -0.1) is 0 Å². The number of carbonyl (C=O) groups is 2. The molecule has 1 N–H and O–H groups in total. The molecule has 0 atom stereocenters. The molecule has 62 valence electrons. The van der Waals surface area contributed by atoms with Gasteiger partial charge in [0.25, 0.3) is 5.91 Å². The highest BCUT2D eigenvalue weighted by atomic mass is 16.2. The third-order valence-electron chi connectivity index (χ3n) is 1.16. The fourth-order valence-electron chi connectivity index (χ4n) is 0.657. The molecule has 0 aromatic heterocycles. The molecule has 0 aliphatic rings. The van der Waals surface area contributed by atoms with Crippen LogP contribution >= 0.6 is 0 Å². The number of hydrogen-bond acceptors (Lipinski definition) is 2. The normalized spacial score (nSPS) is 11.0. The van der Waals surface area contributed by atoms with Gasteiger partial charge in [-0.2, -0.15) is 0 Å². The predicted molar refractivity (Wildman–Crippen MR) is 42.9 cm³/mol. The summed E-state index contributed by atoms with van der Waals surface area (Å²) < 4.78 is 0. The van der Waals surface area contributed by atoms with Crippen molar-refractivity contribution in [3.05, 3.63) is 11.6 Å². The van der Waals surface area contributed by atoms with Crippen LogP contribution in [0.2, 0.25) is 0 Å². The van der Waals surface area contributed by atoms with Crippen LogP contribution in [0.15, 0.2) is 11.6 Å². The minimum Gasteiger partial charge on any atom is -0.293 e. The maximum atomic E-state index is 10.9. The van der Waals surface area contributed by atoms with E-state index < -0.39 is 0 Å². The summed E-state index contributed by atoms with van der Waals surface area (Å²) in [7, 11) is 0. The summed E-state index contributed by atoms with van der Waals surface area (Å²) in [6.07, 6.45) is 2.58. The average molecular weight is 155 g/mol. The standard InChI is InChI=1S/C8H13NO2/c1-4-5-6(2)8(11)9-7(3)10/h5H,4H2,1-3H3,(H,9,10,11)/b6-5+. The van der Waals surface area contributed by atoms with E-state index in [0.29, 0.717) is 5.57 Å². The molecule has 0 aromatic carbocycles. The molecule has 0 spiro atoms. The molecule has 0 saturated heterocycles. The second-order valence-electron chi connectivity index (χ2n) is 2.31. The van der Waals surface area contributed by atoms with Crippen molar-refractivity contribution in [2.45, 2.75) is 27.2 Å². The lowest BCUT2D eigenvalue weighted by Gasteiger charge is -1.98. The van der Waals surface area contributed by atoms with Crippen molar-refractivity contribution < 1.29 is 9.59 Å². The Morgan fingerprint density at radius 2 is 1.91 bits per heavy atom. The summed E-state index contributed by atoms with van der Waals surface area (Å²) in [5.74, 6) is -0.627. The van der Waals surface area contributed by atoms with Gasteiger partial charge in [0, 0.05) is 12.5 Å². The summed E-state index contributed by atoms with van der Waals surface area (Å²) in [6.45, 7) is 4.93. The molecule has 0 bridgehead atoms. The molecule has 3 heteroatoms. The lowest BCUT2D eigenvalue weighted by molar-refractivity contribution is -0.127. The average Bonchev–Trinajstić information content (AvgIpc) is 1.86. The number of rotatable bonds is 2. The minimum absolute atomic E-state index is 0.306. The number of amides is 2. The number of hydrogen-bond donors (Lipinski definition) is 1. The van der Waals surface area contributed by atoms with Crippen molar-refractivity contribution in [2.75, 3.05) is 0 Å².